The molecule has 2 aromatic rings. The van der Waals surface area contributed by atoms with Crippen LogP contribution in [0.1, 0.15) is 11.3 Å². The number of carbonyl (C=O) groups is 2. The molecule has 2 aliphatic rings. The first kappa shape index (κ1) is 16.9. The van der Waals surface area contributed by atoms with Gasteiger partial charge in [-0.05, 0) is 17.7 Å². The number of urea groups is 1. The van der Waals surface area contributed by atoms with Crippen molar-refractivity contribution in [2.24, 2.45) is 4.99 Å². The van der Waals surface area contributed by atoms with Gasteiger partial charge in [0.05, 0.1) is 19.0 Å². The summed E-state index contributed by atoms with van der Waals surface area (Å²) in [5, 5.41) is 2.70. The van der Waals surface area contributed by atoms with E-state index in [0.29, 0.717) is 25.4 Å². The molecule has 1 aromatic carbocycles. The zero-order chi connectivity index (χ0) is 18.6. The molecule has 0 bridgehead atoms. The molecule has 2 aliphatic heterocycles. The fraction of sp³-hybridized carbons (Fsp3) is 0.211. The molecule has 1 aromatic heterocycles. The maximum Gasteiger partial charge on any atom is 0.348 e. The molecule has 0 saturated heterocycles. The predicted octanol–water partition coefficient (Wildman–Crippen LogP) is 2.06. The van der Waals surface area contributed by atoms with Gasteiger partial charge in [0.25, 0.3) is 5.91 Å². The first-order chi connectivity index (χ1) is 13.2. The molecule has 4 rings (SSSR count). The molecule has 0 atom stereocenters. The quantitative estimate of drug-likeness (QED) is 0.875. The minimum absolute atomic E-state index is 0.101. The van der Waals surface area contributed by atoms with Crippen molar-refractivity contribution >= 4 is 18.0 Å². The standard InChI is InChI=1S/C19H18N4O4/c24-17(20-11-15-7-4-10-26-15)16-13-23-9-8-22(18(25)21-19(23)27-16)12-14-5-2-1-3-6-14/h1-7,10,13H,8-9,11-12H2,(H,20,24). The van der Waals surface area contributed by atoms with Crippen molar-refractivity contribution in [2.45, 2.75) is 13.1 Å². The topological polar surface area (TPSA) is 87.4 Å². The number of nitrogens with one attached hydrogen (secondary N) is 1. The molecule has 0 spiro atoms. The molecule has 0 unspecified atom stereocenters. The Morgan fingerprint density at radius 3 is 2.78 bits per heavy atom. The first-order valence-electron chi connectivity index (χ1n) is 8.57. The molecule has 0 fully saturated rings. The summed E-state index contributed by atoms with van der Waals surface area (Å²) in [4.78, 5) is 32.0. The van der Waals surface area contributed by atoms with Crippen molar-refractivity contribution in [3.05, 3.63) is 72.0 Å². The third-order valence-electron chi connectivity index (χ3n) is 4.24. The van der Waals surface area contributed by atoms with Crippen LogP contribution in [0.15, 0.2) is 70.1 Å². The summed E-state index contributed by atoms with van der Waals surface area (Å²) in [5.74, 6) is 0.348. The van der Waals surface area contributed by atoms with Crippen LogP contribution in [0.2, 0.25) is 0 Å². The number of hydrogen-bond donors (Lipinski definition) is 1. The van der Waals surface area contributed by atoms with Gasteiger partial charge >= 0.3 is 12.1 Å². The fourth-order valence-corrected chi connectivity index (χ4v) is 2.83. The molecule has 3 amide bonds. The van der Waals surface area contributed by atoms with Gasteiger partial charge in [0.1, 0.15) is 5.76 Å². The van der Waals surface area contributed by atoms with Gasteiger partial charge in [-0.2, -0.15) is 0 Å². The molecule has 0 radical (unpaired) electrons. The second-order valence-electron chi connectivity index (χ2n) is 6.13. The summed E-state index contributed by atoms with van der Waals surface area (Å²) in [6.45, 7) is 1.70. The lowest BCUT2D eigenvalue weighted by Gasteiger charge is -2.19. The lowest BCUT2D eigenvalue weighted by Crippen LogP contribution is -2.31. The van der Waals surface area contributed by atoms with Crippen molar-refractivity contribution < 1.29 is 18.7 Å². The van der Waals surface area contributed by atoms with E-state index < -0.39 is 5.91 Å². The Bertz CT molecular complexity index is 890. The summed E-state index contributed by atoms with van der Waals surface area (Å²) in [5.41, 5.74) is 1.03. The Morgan fingerprint density at radius 2 is 2.00 bits per heavy atom. The zero-order valence-corrected chi connectivity index (χ0v) is 14.5. The number of furan rings is 1. The lowest BCUT2D eigenvalue weighted by atomic mass is 10.2. The number of benzene rings is 1. The van der Waals surface area contributed by atoms with Crippen molar-refractivity contribution in [2.75, 3.05) is 13.1 Å². The highest BCUT2D eigenvalue weighted by atomic mass is 16.5. The predicted molar refractivity (Wildman–Crippen MR) is 96.1 cm³/mol. The second kappa shape index (κ2) is 7.36. The molecule has 3 heterocycles. The van der Waals surface area contributed by atoms with Gasteiger partial charge in [-0.25, -0.2) is 4.79 Å². The van der Waals surface area contributed by atoms with E-state index in [1.807, 2.05) is 30.3 Å². The van der Waals surface area contributed by atoms with Crippen molar-refractivity contribution in [3.63, 3.8) is 0 Å². The number of aliphatic imine (C=N–C) groups is 1. The SMILES string of the molecule is O=C(NCc1ccco1)C1=CN2CCN(Cc3ccccc3)C(=O)N=C2O1. The monoisotopic (exact) mass is 366 g/mol. The van der Waals surface area contributed by atoms with Gasteiger partial charge in [0.15, 0.2) is 0 Å². The number of amidine groups is 1. The second-order valence-corrected chi connectivity index (χ2v) is 6.13. The lowest BCUT2D eigenvalue weighted by molar-refractivity contribution is -0.119. The van der Waals surface area contributed by atoms with Crippen LogP contribution < -0.4 is 5.32 Å². The highest BCUT2D eigenvalue weighted by Crippen LogP contribution is 2.18. The number of amides is 3. The van der Waals surface area contributed by atoms with Crippen molar-refractivity contribution in [3.8, 4) is 0 Å². The van der Waals surface area contributed by atoms with Crippen LogP contribution in [0.4, 0.5) is 4.79 Å². The van der Waals surface area contributed by atoms with E-state index in [9.17, 15) is 9.59 Å². The van der Waals surface area contributed by atoms with Gasteiger partial charge < -0.3 is 19.4 Å². The van der Waals surface area contributed by atoms with Crippen LogP contribution in [0.25, 0.3) is 0 Å². The summed E-state index contributed by atoms with van der Waals surface area (Å²) in [6.07, 6.45) is 3.10. The normalized spacial score (nSPS) is 16.2. The summed E-state index contributed by atoms with van der Waals surface area (Å²) in [7, 11) is 0. The fourth-order valence-electron chi connectivity index (χ4n) is 2.83. The number of fused-ring (bicyclic) bond motifs is 1. The van der Waals surface area contributed by atoms with Crippen LogP contribution in [0.3, 0.4) is 0 Å². The first-order valence-corrected chi connectivity index (χ1v) is 8.57. The van der Waals surface area contributed by atoms with E-state index in [2.05, 4.69) is 10.3 Å². The van der Waals surface area contributed by atoms with E-state index in [-0.39, 0.29) is 24.4 Å². The Balaban J connectivity index is 1.38. The van der Waals surface area contributed by atoms with Gasteiger partial charge in [-0.3, -0.25) is 9.69 Å². The molecule has 0 saturated carbocycles. The molecule has 8 nitrogen and oxygen atoms in total. The van der Waals surface area contributed by atoms with Crippen LogP contribution in [-0.2, 0) is 22.6 Å². The van der Waals surface area contributed by atoms with E-state index >= 15 is 0 Å². The third kappa shape index (κ3) is 3.84. The Labute approximate surface area is 155 Å². The minimum atomic E-state index is -0.393. The average molecular weight is 366 g/mol. The third-order valence-corrected chi connectivity index (χ3v) is 4.24. The van der Waals surface area contributed by atoms with Gasteiger partial charge in [0.2, 0.25) is 5.76 Å². The molecule has 1 N–H and O–H groups in total. The van der Waals surface area contributed by atoms with E-state index in [0.717, 1.165) is 5.56 Å². The van der Waals surface area contributed by atoms with E-state index in [4.69, 9.17) is 9.15 Å². The summed E-state index contributed by atoms with van der Waals surface area (Å²) < 4.78 is 10.7. The average Bonchev–Trinajstić information content (AvgIpc) is 3.31. The van der Waals surface area contributed by atoms with Crippen LogP contribution in [0.5, 0.6) is 0 Å². The molecule has 27 heavy (non-hydrogen) atoms. The molecule has 8 heteroatoms. The number of nitrogens with zero attached hydrogens (tertiary/aromatic N) is 3. The maximum absolute atomic E-state index is 12.4. The Kier molecular flexibility index (Phi) is 4.61. The highest BCUT2D eigenvalue weighted by Gasteiger charge is 2.31. The van der Waals surface area contributed by atoms with Gasteiger partial charge in [-0.1, -0.05) is 30.3 Å². The molecular weight excluding hydrogens is 348 g/mol. The maximum atomic E-state index is 12.4. The van der Waals surface area contributed by atoms with Crippen LogP contribution in [0, 0.1) is 0 Å². The van der Waals surface area contributed by atoms with E-state index in [1.165, 1.54) is 6.26 Å². The van der Waals surface area contributed by atoms with Crippen molar-refractivity contribution in [1.29, 1.82) is 0 Å². The highest BCUT2D eigenvalue weighted by molar-refractivity contribution is 5.99. The van der Waals surface area contributed by atoms with Gasteiger partial charge in [0, 0.05) is 19.6 Å². The number of ether oxygens (including phenoxy) is 1. The minimum Gasteiger partial charge on any atom is -0.467 e. The number of carbonyl (C=O) groups excluding carboxylic acids is 2. The molecular formula is C19H18N4O4. The van der Waals surface area contributed by atoms with E-state index in [1.54, 1.807) is 28.1 Å². The molecule has 138 valence electrons. The van der Waals surface area contributed by atoms with Crippen LogP contribution >= 0.6 is 0 Å². The molecule has 0 aliphatic carbocycles. The zero-order valence-electron chi connectivity index (χ0n) is 14.5. The van der Waals surface area contributed by atoms with Crippen LogP contribution in [-0.4, -0.2) is 40.8 Å². The largest absolute Gasteiger partial charge is 0.467 e. The smallest absolute Gasteiger partial charge is 0.348 e. The summed E-state index contributed by atoms with van der Waals surface area (Å²) in [6, 6.07) is 13.0. The van der Waals surface area contributed by atoms with Crippen molar-refractivity contribution in [1.82, 2.24) is 15.1 Å². The Morgan fingerprint density at radius 1 is 1.15 bits per heavy atom. The Hall–Kier alpha value is -3.55. The number of hydrogen-bond acceptors (Lipinski definition) is 5. The number of rotatable bonds is 5. The summed E-state index contributed by atoms with van der Waals surface area (Å²) >= 11 is 0. The van der Waals surface area contributed by atoms with Gasteiger partial charge in [-0.15, -0.1) is 4.99 Å².